The van der Waals surface area contributed by atoms with Gasteiger partial charge in [-0.3, -0.25) is 0 Å². The number of anilines is 1. The van der Waals surface area contributed by atoms with Crippen molar-refractivity contribution in [1.82, 2.24) is 10.2 Å². The molecular weight excluding hydrogens is 358 g/mol. The largest absolute Gasteiger partial charge is 0.376 e. The van der Waals surface area contributed by atoms with Crippen molar-refractivity contribution in [2.24, 2.45) is 0 Å². The molecule has 0 saturated carbocycles. The van der Waals surface area contributed by atoms with Gasteiger partial charge in [-0.25, -0.2) is 0 Å². The lowest BCUT2D eigenvalue weighted by molar-refractivity contribution is 0.120. The van der Waals surface area contributed by atoms with Crippen molar-refractivity contribution in [2.45, 2.75) is 42.0 Å². The van der Waals surface area contributed by atoms with Crippen molar-refractivity contribution in [1.29, 1.82) is 0 Å². The van der Waals surface area contributed by atoms with Gasteiger partial charge in [-0.15, -0.1) is 22.0 Å². The third kappa shape index (κ3) is 5.37. The van der Waals surface area contributed by atoms with Crippen LogP contribution in [0.15, 0.2) is 27.4 Å². The first-order chi connectivity index (χ1) is 11.7. The molecule has 0 unspecified atom stereocenters. The quantitative estimate of drug-likeness (QED) is 0.531. The highest BCUT2D eigenvalue weighted by Gasteiger charge is 2.15. The first-order valence-corrected chi connectivity index (χ1v) is 11.0. The van der Waals surface area contributed by atoms with E-state index in [-0.39, 0.29) is 0 Å². The van der Waals surface area contributed by atoms with E-state index in [1.54, 1.807) is 23.1 Å². The molecule has 0 aliphatic carbocycles. The van der Waals surface area contributed by atoms with Gasteiger partial charge in [0, 0.05) is 29.6 Å². The summed E-state index contributed by atoms with van der Waals surface area (Å²) < 4.78 is 6.64. The molecule has 130 valence electrons. The maximum Gasteiger partial charge on any atom is 0.206 e. The lowest BCUT2D eigenvalue weighted by atomic mass is 10.1. The molecule has 3 rings (SSSR count). The van der Waals surface area contributed by atoms with Crippen molar-refractivity contribution in [3.05, 3.63) is 29.3 Å². The summed E-state index contributed by atoms with van der Waals surface area (Å²) in [6, 6.07) is 6.67. The van der Waals surface area contributed by atoms with E-state index in [0.29, 0.717) is 6.10 Å². The summed E-state index contributed by atoms with van der Waals surface area (Å²) in [4.78, 5) is 1.34. The Bertz CT molecular complexity index is 656. The third-order valence-corrected chi connectivity index (χ3v) is 7.24. The average molecular weight is 382 g/mol. The van der Waals surface area contributed by atoms with E-state index in [1.165, 1.54) is 22.4 Å². The van der Waals surface area contributed by atoms with Crippen LogP contribution in [0.1, 0.15) is 24.0 Å². The zero-order valence-corrected chi connectivity index (χ0v) is 16.5. The van der Waals surface area contributed by atoms with Gasteiger partial charge in [-0.05, 0) is 49.9 Å². The Balaban J connectivity index is 1.36. The Hall–Kier alpha value is -0.760. The monoisotopic (exact) mass is 381 g/mol. The van der Waals surface area contributed by atoms with E-state index in [9.17, 15) is 0 Å². The minimum atomic E-state index is 0.333. The Morgan fingerprint density at radius 2 is 2.08 bits per heavy atom. The molecule has 1 aliphatic rings. The zero-order chi connectivity index (χ0) is 16.8. The summed E-state index contributed by atoms with van der Waals surface area (Å²) in [7, 11) is 0. The molecular formula is C17H23N3OS3. The van der Waals surface area contributed by atoms with Crippen LogP contribution in [0.3, 0.4) is 0 Å². The van der Waals surface area contributed by atoms with E-state index >= 15 is 0 Å². The summed E-state index contributed by atoms with van der Waals surface area (Å²) in [5, 5.41) is 12.7. The molecule has 7 heteroatoms. The van der Waals surface area contributed by atoms with Gasteiger partial charge in [0.15, 0.2) is 4.34 Å². The van der Waals surface area contributed by atoms with Gasteiger partial charge in [-0.1, -0.05) is 29.2 Å². The van der Waals surface area contributed by atoms with Crippen LogP contribution in [0.5, 0.6) is 0 Å². The zero-order valence-electron chi connectivity index (χ0n) is 14.1. The fourth-order valence-electron chi connectivity index (χ4n) is 2.44. The van der Waals surface area contributed by atoms with Crippen LogP contribution in [-0.4, -0.2) is 41.0 Å². The van der Waals surface area contributed by atoms with Gasteiger partial charge < -0.3 is 10.1 Å². The molecule has 1 aromatic carbocycles. The maximum atomic E-state index is 5.60. The standard InChI is InChI=1S/C17H23N3OS3/c1-12-5-6-15(10-13(12)2)22-8-9-23-17-20-19-16(24-17)18-11-14-4-3-7-21-14/h5-6,10,14H,3-4,7-9,11H2,1-2H3,(H,18,19)/t14-/m0/s1. The van der Waals surface area contributed by atoms with Crippen molar-refractivity contribution < 1.29 is 4.74 Å². The van der Waals surface area contributed by atoms with Gasteiger partial charge in [0.25, 0.3) is 0 Å². The van der Waals surface area contributed by atoms with E-state index < -0.39 is 0 Å². The molecule has 4 nitrogen and oxygen atoms in total. The van der Waals surface area contributed by atoms with Crippen LogP contribution in [0.25, 0.3) is 0 Å². The molecule has 1 saturated heterocycles. The number of rotatable bonds is 8. The van der Waals surface area contributed by atoms with Crippen LogP contribution in [0.2, 0.25) is 0 Å². The van der Waals surface area contributed by atoms with Gasteiger partial charge in [0.2, 0.25) is 5.13 Å². The van der Waals surface area contributed by atoms with E-state index in [1.807, 2.05) is 11.8 Å². The number of aryl methyl sites for hydroxylation is 2. The summed E-state index contributed by atoms with van der Waals surface area (Å²) >= 11 is 5.31. The number of hydrogen-bond donors (Lipinski definition) is 1. The number of nitrogens with zero attached hydrogens (tertiary/aromatic N) is 2. The Morgan fingerprint density at radius 1 is 1.21 bits per heavy atom. The summed E-state index contributed by atoms with van der Waals surface area (Å²) in [6.07, 6.45) is 2.64. The lowest BCUT2D eigenvalue weighted by Crippen LogP contribution is -2.18. The van der Waals surface area contributed by atoms with Gasteiger partial charge >= 0.3 is 0 Å². The van der Waals surface area contributed by atoms with Gasteiger partial charge in [0.05, 0.1) is 6.10 Å². The smallest absolute Gasteiger partial charge is 0.206 e. The minimum absolute atomic E-state index is 0.333. The van der Waals surface area contributed by atoms with Crippen molar-refractivity contribution >= 4 is 40.0 Å². The maximum absolute atomic E-state index is 5.60. The molecule has 0 spiro atoms. The van der Waals surface area contributed by atoms with Crippen molar-refractivity contribution in [3.63, 3.8) is 0 Å². The Kier molecular flexibility index (Phi) is 6.83. The molecule has 1 fully saturated rings. The number of nitrogens with one attached hydrogen (secondary N) is 1. The molecule has 2 aromatic rings. The summed E-state index contributed by atoms with van der Waals surface area (Å²) in [5.74, 6) is 2.11. The normalized spacial score (nSPS) is 17.3. The summed E-state index contributed by atoms with van der Waals surface area (Å²) in [6.45, 7) is 6.05. The predicted octanol–water partition coefficient (Wildman–Crippen LogP) is 4.63. The SMILES string of the molecule is Cc1ccc(SCCSc2nnc(NC[C@@H]3CCCO3)s2)cc1C. The van der Waals surface area contributed by atoms with Crippen molar-refractivity contribution in [2.75, 3.05) is 30.0 Å². The van der Waals surface area contributed by atoms with E-state index in [0.717, 1.165) is 40.5 Å². The molecule has 0 radical (unpaired) electrons. The molecule has 0 bridgehead atoms. The van der Waals surface area contributed by atoms with Crippen LogP contribution >= 0.6 is 34.9 Å². The molecule has 1 aromatic heterocycles. The van der Waals surface area contributed by atoms with Gasteiger partial charge in [0.1, 0.15) is 0 Å². The topological polar surface area (TPSA) is 47.0 Å². The molecule has 0 amide bonds. The predicted molar refractivity (Wildman–Crippen MR) is 105 cm³/mol. The minimum Gasteiger partial charge on any atom is -0.376 e. The second-order valence-corrected chi connectivity index (χ2v) is 9.32. The Labute approximate surface area is 156 Å². The van der Waals surface area contributed by atoms with Crippen LogP contribution in [-0.2, 0) is 4.74 Å². The van der Waals surface area contributed by atoms with E-state index in [4.69, 9.17) is 4.74 Å². The number of ether oxygens (including phenoxy) is 1. The van der Waals surface area contributed by atoms with Gasteiger partial charge in [-0.2, -0.15) is 0 Å². The molecule has 2 heterocycles. The fraction of sp³-hybridized carbons (Fsp3) is 0.529. The molecule has 24 heavy (non-hydrogen) atoms. The molecule has 1 aliphatic heterocycles. The van der Waals surface area contributed by atoms with Crippen LogP contribution < -0.4 is 5.32 Å². The lowest BCUT2D eigenvalue weighted by Gasteiger charge is -2.08. The fourth-order valence-corrected chi connectivity index (χ4v) is 5.24. The van der Waals surface area contributed by atoms with E-state index in [2.05, 4.69) is 47.6 Å². The first-order valence-electron chi connectivity index (χ1n) is 8.22. The Morgan fingerprint density at radius 3 is 2.88 bits per heavy atom. The number of thioether (sulfide) groups is 2. The number of aromatic nitrogens is 2. The molecule has 1 atom stereocenters. The van der Waals surface area contributed by atoms with Crippen molar-refractivity contribution in [3.8, 4) is 0 Å². The van der Waals surface area contributed by atoms with Crippen LogP contribution in [0, 0.1) is 13.8 Å². The average Bonchev–Trinajstić information content (AvgIpc) is 3.24. The second-order valence-electron chi connectivity index (χ2n) is 5.83. The first kappa shape index (κ1) is 18.0. The number of benzene rings is 1. The summed E-state index contributed by atoms with van der Waals surface area (Å²) in [5.41, 5.74) is 2.71. The third-order valence-electron chi connectivity index (χ3n) is 3.97. The number of hydrogen-bond acceptors (Lipinski definition) is 7. The van der Waals surface area contributed by atoms with Crippen LogP contribution in [0.4, 0.5) is 5.13 Å². The highest BCUT2D eigenvalue weighted by atomic mass is 32.2. The second kappa shape index (κ2) is 9.08. The highest BCUT2D eigenvalue weighted by molar-refractivity contribution is 8.03. The molecule has 1 N–H and O–H groups in total. The highest BCUT2D eigenvalue weighted by Crippen LogP contribution is 2.28.